The largest absolute Gasteiger partial charge is 0.369 e. The lowest BCUT2D eigenvalue weighted by Gasteiger charge is -2.32. The Bertz CT molecular complexity index is 893. The van der Waals surface area contributed by atoms with E-state index in [1.165, 1.54) is 11.1 Å². The van der Waals surface area contributed by atoms with Gasteiger partial charge in [-0.05, 0) is 31.5 Å². The highest BCUT2D eigenvalue weighted by atomic mass is 16.2. The van der Waals surface area contributed by atoms with Gasteiger partial charge < -0.3 is 5.73 Å². The third kappa shape index (κ3) is 3.44. The van der Waals surface area contributed by atoms with E-state index in [0.29, 0.717) is 11.4 Å². The number of pyridine rings is 1. The van der Waals surface area contributed by atoms with Gasteiger partial charge in [0.05, 0.1) is 24.0 Å². The summed E-state index contributed by atoms with van der Waals surface area (Å²) >= 11 is 0. The molecule has 2 N–H and O–H groups in total. The molecule has 0 aliphatic carbocycles. The van der Waals surface area contributed by atoms with E-state index in [9.17, 15) is 9.59 Å². The summed E-state index contributed by atoms with van der Waals surface area (Å²) in [5.41, 5.74) is 7.43. The number of hydrogen-bond donors (Lipinski definition) is 1. The number of nitrogens with two attached hydrogens (primary N) is 1. The molecule has 0 radical (unpaired) electrons. The van der Waals surface area contributed by atoms with Gasteiger partial charge in [0, 0.05) is 25.9 Å². The average molecular weight is 352 g/mol. The molecule has 1 aliphatic heterocycles. The van der Waals surface area contributed by atoms with Crippen molar-refractivity contribution in [2.45, 2.75) is 32.2 Å². The average Bonchev–Trinajstić information content (AvgIpc) is 2.60. The van der Waals surface area contributed by atoms with Crippen LogP contribution in [0.1, 0.15) is 40.8 Å². The number of nitrogens with zero attached hydrogens (tertiary/aromatic N) is 5. The fraction of sp³-hybridized carbons (Fsp3) is 0.333. The number of rotatable bonds is 4. The van der Waals surface area contributed by atoms with Gasteiger partial charge in [-0.2, -0.15) is 0 Å². The zero-order valence-corrected chi connectivity index (χ0v) is 14.9. The van der Waals surface area contributed by atoms with E-state index in [-0.39, 0.29) is 30.5 Å². The number of ketones is 1. The fourth-order valence-corrected chi connectivity index (χ4v) is 2.75. The summed E-state index contributed by atoms with van der Waals surface area (Å²) in [6.07, 6.45) is 4.97. The van der Waals surface area contributed by atoms with Gasteiger partial charge in [-0.3, -0.25) is 24.5 Å². The quantitative estimate of drug-likeness (QED) is 0.821. The monoisotopic (exact) mass is 352 g/mol. The van der Waals surface area contributed by atoms with Crippen LogP contribution in [0.2, 0.25) is 0 Å². The van der Waals surface area contributed by atoms with Crippen LogP contribution in [-0.2, 0) is 16.8 Å². The Hall–Kier alpha value is -3.16. The van der Waals surface area contributed by atoms with Crippen molar-refractivity contribution in [3.63, 3.8) is 0 Å². The van der Waals surface area contributed by atoms with E-state index < -0.39 is 5.54 Å². The van der Waals surface area contributed by atoms with E-state index in [1.807, 2.05) is 13.8 Å². The Balaban J connectivity index is 1.85. The van der Waals surface area contributed by atoms with Crippen LogP contribution in [0.4, 0.5) is 0 Å². The lowest BCUT2D eigenvalue weighted by atomic mass is 9.90. The smallest absolute Gasteiger partial charge is 0.231 e. The molecule has 3 rings (SSSR count). The number of Topliss-reactive ketones (excluding diaryl/α,β-unsaturated/α-hetero) is 1. The van der Waals surface area contributed by atoms with E-state index in [4.69, 9.17) is 5.73 Å². The molecule has 2 aromatic heterocycles. The van der Waals surface area contributed by atoms with Crippen molar-refractivity contribution in [2.24, 2.45) is 10.7 Å². The predicted molar refractivity (Wildman–Crippen MR) is 95.4 cm³/mol. The maximum atomic E-state index is 12.4. The molecule has 0 saturated heterocycles. The molecule has 0 fully saturated rings. The molecular formula is C18H20N6O2. The molecule has 2 aromatic rings. The molecule has 0 saturated carbocycles. The number of aliphatic imine (C=N–C) groups is 1. The van der Waals surface area contributed by atoms with Crippen LogP contribution in [-0.4, -0.2) is 44.5 Å². The van der Waals surface area contributed by atoms with E-state index in [1.54, 1.807) is 31.6 Å². The molecule has 1 unspecified atom stereocenters. The van der Waals surface area contributed by atoms with Crippen molar-refractivity contribution in [1.82, 2.24) is 19.9 Å². The number of hydrogen-bond acceptors (Lipinski definition) is 7. The molecule has 0 aromatic carbocycles. The van der Waals surface area contributed by atoms with Crippen molar-refractivity contribution in [3.05, 3.63) is 53.4 Å². The lowest BCUT2D eigenvalue weighted by molar-refractivity contribution is -0.128. The first kappa shape index (κ1) is 17.7. The molecule has 134 valence electrons. The van der Waals surface area contributed by atoms with Gasteiger partial charge >= 0.3 is 0 Å². The number of aromatic nitrogens is 3. The van der Waals surface area contributed by atoms with Crippen LogP contribution in [0.15, 0.2) is 35.7 Å². The fourth-order valence-electron chi connectivity index (χ4n) is 2.75. The molecule has 1 atom stereocenters. The van der Waals surface area contributed by atoms with Crippen molar-refractivity contribution in [1.29, 1.82) is 0 Å². The first-order valence-corrected chi connectivity index (χ1v) is 8.17. The van der Waals surface area contributed by atoms with Gasteiger partial charge in [-0.1, -0.05) is 0 Å². The van der Waals surface area contributed by atoms with Crippen LogP contribution in [0.3, 0.4) is 0 Å². The summed E-state index contributed by atoms with van der Waals surface area (Å²) in [5.74, 6) is -0.109. The van der Waals surface area contributed by atoms with E-state index in [2.05, 4.69) is 19.9 Å². The Labute approximate surface area is 151 Å². The Morgan fingerprint density at radius 3 is 2.73 bits per heavy atom. The summed E-state index contributed by atoms with van der Waals surface area (Å²) < 4.78 is 0. The third-order valence-corrected chi connectivity index (χ3v) is 4.38. The third-order valence-electron chi connectivity index (χ3n) is 4.38. The minimum absolute atomic E-state index is 0.127. The molecule has 1 aliphatic rings. The lowest BCUT2D eigenvalue weighted by Crippen LogP contribution is -2.47. The minimum atomic E-state index is -0.851. The molecule has 1 amide bonds. The Morgan fingerprint density at radius 1 is 1.31 bits per heavy atom. The highest BCUT2D eigenvalue weighted by Crippen LogP contribution is 2.31. The van der Waals surface area contributed by atoms with Crippen molar-refractivity contribution in [2.75, 3.05) is 7.05 Å². The van der Waals surface area contributed by atoms with Crippen LogP contribution in [0.25, 0.3) is 0 Å². The van der Waals surface area contributed by atoms with Gasteiger partial charge in [0.1, 0.15) is 11.2 Å². The number of carbonyl (C=O) groups excluding carboxylic acids is 2. The Kier molecular flexibility index (Phi) is 4.50. The van der Waals surface area contributed by atoms with Gasteiger partial charge in [-0.25, -0.2) is 9.98 Å². The summed E-state index contributed by atoms with van der Waals surface area (Å²) in [7, 11) is 1.59. The number of carbonyl (C=O) groups is 2. The minimum Gasteiger partial charge on any atom is -0.369 e. The zero-order valence-electron chi connectivity index (χ0n) is 14.9. The molecule has 0 bridgehead atoms. The van der Waals surface area contributed by atoms with Crippen LogP contribution >= 0.6 is 0 Å². The number of guanidine groups is 1. The van der Waals surface area contributed by atoms with E-state index >= 15 is 0 Å². The maximum Gasteiger partial charge on any atom is 0.231 e. The number of amides is 1. The zero-order chi connectivity index (χ0) is 18.9. The first-order chi connectivity index (χ1) is 12.3. The van der Waals surface area contributed by atoms with Crippen LogP contribution in [0.5, 0.6) is 0 Å². The number of aryl methyl sites for hydroxylation is 1. The highest BCUT2D eigenvalue weighted by Gasteiger charge is 2.37. The highest BCUT2D eigenvalue weighted by molar-refractivity contribution is 5.98. The molecule has 3 heterocycles. The summed E-state index contributed by atoms with van der Waals surface area (Å²) in [6.45, 7) is 3.62. The summed E-state index contributed by atoms with van der Waals surface area (Å²) in [5, 5.41) is 0. The summed E-state index contributed by atoms with van der Waals surface area (Å²) in [4.78, 5) is 42.9. The second kappa shape index (κ2) is 6.62. The van der Waals surface area contributed by atoms with Crippen LogP contribution < -0.4 is 5.73 Å². The maximum absolute atomic E-state index is 12.4. The van der Waals surface area contributed by atoms with Crippen molar-refractivity contribution >= 4 is 17.6 Å². The molecule has 26 heavy (non-hydrogen) atoms. The van der Waals surface area contributed by atoms with Gasteiger partial charge in [0.25, 0.3) is 0 Å². The molecule has 8 nitrogen and oxygen atoms in total. The van der Waals surface area contributed by atoms with Gasteiger partial charge in [-0.15, -0.1) is 0 Å². The SMILES string of the molecule is Cc1cnc(C(=O)Cc2ccnc(C3(C)CC(=O)N(C)C(N)=N3)c2)cn1. The van der Waals surface area contributed by atoms with Crippen molar-refractivity contribution in [3.8, 4) is 0 Å². The van der Waals surface area contributed by atoms with Crippen molar-refractivity contribution < 1.29 is 9.59 Å². The van der Waals surface area contributed by atoms with Gasteiger partial charge in [0.2, 0.25) is 5.91 Å². The molecular weight excluding hydrogens is 332 g/mol. The normalized spacial score (nSPS) is 20.0. The molecule has 0 spiro atoms. The summed E-state index contributed by atoms with van der Waals surface area (Å²) in [6, 6.07) is 3.55. The second-order valence-corrected chi connectivity index (χ2v) is 6.57. The topological polar surface area (TPSA) is 114 Å². The standard InChI is InChI=1S/C18H20N6O2/c1-11-9-22-13(10-21-11)14(25)6-12-4-5-20-15(7-12)18(2)8-16(26)24(3)17(19)23-18/h4-5,7,9-10H,6,8H2,1-3H3,(H2,19,23). The van der Waals surface area contributed by atoms with Crippen LogP contribution in [0, 0.1) is 6.92 Å². The van der Waals surface area contributed by atoms with E-state index in [0.717, 1.165) is 11.3 Å². The second-order valence-electron chi connectivity index (χ2n) is 6.57. The van der Waals surface area contributed by atoms with Gasteiger partial charge in [0.15, 0.2) is 11.7 Å². The molecule has 8 heteroatoms. The first-order valence-electron chi connectivity index (χ1n) is 8.17. The predicted octanol–water partition coefficient (Wildman–Crippen LogP) is 0.997. The Morgan fingerprint density at radius 2 is 2.08 bits per heavy atom.